The Balaban J connectivity index is -0.00000159. The summed E-state index contributed by atoms with van der Waals surface area (Å²) in [5.41, 5.74) is 8.02. The van der Waals surface area contributed by atoms with Crippen LogP contribution in [0, 0.1) is 0 Å². The SMILES string of the molecule is CC(=O)O.CC(=O)O.CC(C)(C)P(c1ccccc1-c1ccccc1)C(C)(C)C.CC(C)(C)c1ccc(Br)cc1.CCCCCCCCS(=O)(=O)c1c(-c2ccc(C(C)(C)C)cc2)sc(-c2ccc(C(C)(C)C)cc2)c1S(=O)(=O)CCCCCCCC.CCCCCCCCS(=O)(=O)c1cscc1S(=O)(=O)CCCCCCCC.O=COO.[Cs].[Cs].[Pd]. The third-order valence-corrected chi connectivity index (χ3v) is 33.4. The van der Waals surface area contributed by atoms with Crippen LogP contribution in [0.2, 0.25) is 0 Å². The number of carbonyl (C=O) groups is 3. The summed E-state index contributed by atoms with van der Waals surface area (Å²) in [7, 11) is -15.2. The van der Waals surface area contributed by atoms with Gasteiger partial charge in [0, 0.05) is 187 Å². The third-order valence-electron chi connectivity index (χ3n) is 19.1. The van der Waals surface area contributed by atoms with Gasteiger partial charge < -0.3 is 15.1 Å². The molecule has 26 heteroatoms. The van der Waals surface area contributed by atoms with Gasteiger partial charge in [-0.3, -0.25) is 14.4 Å². The van der Waals surface area contributed by atoms with Gasteiger partial charge in [0.2, 0.25) is 0 Å². The van der Waals surface area contributed by atoms with Crippen LogP contribution in [0.1, 0.15) is 316 Å². The predicted octanol–water partition coefficient (Wildman–Crippen LogP) is 26.8. The number of thiophene rings is 2. The number of unbranched alkanes of at least 4 members (excludes halogenated alkanes) is 20. The average molecular weight is 2200 g/mol. The maximum atomic E-state index is 14.4. The first-order chi connectivity index (χ1) is 55.0. The van der Waals surface area contributed by atoms with E-state index < -0.39 is 51.3 Å². The number of benzene rings is 5. The summed E-state index contributed by atoms with van der Waals surface area (Å²) in [5, 5.41) is 26.9. The van der Waals surface area contributed by atoms with Gasteiger partial charge in [0.05, 0.1) is 42.6 Å². The Labute approximate surface area is 882 Å². The van der Waals surface area contributed by atoms with E-state index in [-0.39, 0.29) is 231 Å². The van der Waals surface area contributed by atoms with Crippen molar-refractivity contribution in [1.29, 1.82) is 0 Å². The number of rotatable bonds is 37. The first kappa shape index (κ1) is 124. The Hall–Kier alpha value is -0.654. The van der Waals surface area contributed by atoms with Crippen molar-refractivity contribution in [2.75, 3.05) is 23.0 Å². The van der Waals surface area contributed by atoms with Crippen molar-refractivity contribution in [3.05, 3.63) is 159 Å². The van der Waals surface area contributed by atoms with Crippen molar-refractivity contribution >= 4 is 247 Å². The molecule has 3 N–H and O–H groups in total. The summed E-state index contributed by atoms with van der Waals surface area (Å²) < 4.78 is 109. The molecule has 2 heterocycles. The fourth-order valence-corrected chi connectivity index (χ4v) is 29.1. The van der Waals surface area contributed by atoms with E-state index in [9.17, 15) is 33.7 Å². The van der Waals surface area contributed by atoms with Crippen LogP contribution in [0.25, 0.3) is 32.0 Å². The number of carboxylic acid groups (broad SMARTS) is 2. The van der Waals surface area contributed by atoms with Crippen molar-refractivity contribution in [3.8, 4) is 32.0 Å². The van der Waals surface area contributed by atoms with E-state index in [0.29, 0.717) is 45.7 Å². The normalized spacial score (nSPS) is 11.7. The Morgan fingerprint density at radius 3 is 0.926 bits per heavy atom. The van der Waals surface area contributed by atoms with E-state index in [2.05, 4.69) is 231 Å². The molecule has 676 valence electrons. The van der Waals surface area contributed by atoms with Crippen molar-refractivity contribution in [2.24, 2.45) is 0 Å². The standard InChI is InChI=1S/C40H60O4S3.C20H36O4S3.C20H27P.C10H13Br.2C2H4O2.CH2O3.2Cs.Pd/c1-9-11-13-15-17-19-29-46(41,42)37-35(31-21-25-33(26-22-31)39(3,4)5)45-36(32-23-27-34(28-24-32)40(6,7)8)38(37)47(43,44)30-20-18-16-14-12-10-2;1-3-5-7-9-11-13-15-26(21,22)19-17-25-18-20(19)27(23,24)16-14-12-10-8-6-4-2;1-19(2,3)21(20(4,5)6)18-15-11-10-14-17(18)16-12-8-7-9-13-16;1-10(2,3)8-4-6-9(11)7-5-8;2*1-2(3)4;2-1-4-3;;;/h21-28H,9-20,29-30H2,1-8H3;17-18H,3-16H2,1-2H3;7-15H,1-6H3;4-7H,1-3H3;2*1H3,(H,3,4);1,3H;;;. The van der Waals surface area contributed by atoms with Gasteiger partial charge in [-0.05, 0) is 109 Å². The van der Waals surface area contributed by atoms with Gasteiger partial charge in [-0.2, -0.15) is 0 Å². The van der Waals surface area contributed by atoms with Crippen LogP contribution in [0.15, 0.2) is 162 Å². The molecule has 2 radical (unpaired) electrons. The summed E-state index contributed by atoms with van der Waals surface area (Å²) >= 11 is 5.89. The number of carbonyl (C=O) groups excluding carboxylic acids is 1. The number of sulfone groups is 4. The molecule has 0 fully saturated rings. The molecule has 0 aliphatic carbocycles. The van der Waals surface area contributed by atoms with E-state index in [1.54, 1.807) is 0 Å². The Kier molecular flexibility index (Phi) is 65.2. The first-order valence-electron chi connectivity index (χ1n) is 42.2. The minimum absolute atomic E-state index is 0. The number of hydrogen-bond donors (Lipinski definition) is 3. The van der Waals surface area contributed by atoms with Crippen molar-refractivity contribution in [3.63, 3.8) is 0 Å². The maximum absolute atomic E-state index is 14.4. The van der Waals surface area contributed by atoms with Gasteiger partial charge in [0.25, 0.3) is 11.9 Å². The van der Waals surface area contributed by atoms with Gasteiger partial charge in [-0.25, -0.2) is 38.9 Å². The summed E-state index contributed by atoms with van der Waals surface area (Å²) in [6, 6.07) is 44.3. The monoisotopic (exact) mass is 2200 g/mol. The fraction of sp³-hybridized carbons (Fsp3) is 0.568. The average Bonchev–Trinajstić information content (AvgIpc) is 1.58. The quantitative estimate of drug-likeness (QED) is 0.00817. The minimum Gasteiger partial charge on any atom is -0.481 e. The summed E-state index contributed by atoms with van der Waals surface area (Å²) in [4.78, 5) is 30.7. The molecule has 0 bridgehead atoms. The topological polar surface area (TPSA) is 258 Å². The Bertz CT molecular complexity index is 4270. The molecule has 15 nitrogen and oxygen atoms in total. The van der Waals surface area contributed by atoms with E-state index in [4.69, 9.17) is 29.9 Å². The van der Waals surface area contributed by atoms with Crippen molar-refractivity contribution in [2.45, 2.75) is 346 Å². The molecule has 121 heavy (non-hydrogen) atoms. The molecule has 2 aromatic heterocycles. The van der Waals surface area contributed by atoms with Gasteiger partial charge in [-0.1, -0.05) is 399 Å². The Morgan fingerprint density at radius 1 is 0.397 bits per heavy atom. The zero-order valence-corrected chi connectivity index (χ0v) is 99.0. The number of aliphatic carboxylic acids is 2. The van der Waals surface area contributed by atoms with E-state index >= 15 is 0 Å². The molecule has 0 aliphatic heterocycles. The molecule has 0 amide bonds. The molecule has 7 aromatic rings. The van der Waals surface area contributed by atoms with Gasteiger partial charge in [0.1, 0.15) is 9.79 Å². The number of hydrogen-bond acceptors (Lipinski definition) is 15. The number of carboxylic acids is 2. The van der Waals surface area contributed by atoms with E-state index in [1.807, 2.05) is 48.5 Å². The van der Waals surface area contributed by atoms with Crippen LogP contribution in [0.4, 0.5) is 0 Å². The molecule has 0 unspecified atom stereocenters. The van der Waals surface area contributed by atoms with Crippen LogP contribution in [-0.4, -0.2) is 239 Å². The smallest absolute Gasteiger partial charge is 0.330 e. The van der Waals surface area contributed by atoms with Crippen molar-refractivity contribution < 1.29 is 88.8 Å². The van der Waals surface area contributed by atoms with Crippen molar-refractivity contribution in [1.82, 2.24) is 0 Å². The molecule has 7 rings (SSSR count). The molecule has 0 atom stereocenters. The van der Waals surface area contributed by atoms with Crippen LogP contribution >= 0.6 is 46.5 Å². The zero-order valence-electron chi connectivity index (χ0n) is 77.5. The van der Waals surface area contributed by atoms with Gasteiger partial charge >= 0.3 is 6.47 Å². The minimum atomic E-state index is -3.91. The molecule has 0 spiro atoms. The summed E-state index contributed by atoms with van der Waals surface area (Å²) in [6.45, 7) is 44.6. The van der Waals surface area contributed by atoms with Gasteiger partial charge in [0.15, 0.2) is 39.3 Å². The molecular weight excluding hydrogens is 2060 g/mol. The number of halogens is 1. The van der Waals surface area contributed by atoms with Gasteiger partial charge in [-0.15, -0.1) is 22.7 Å². The second-order valence-electron chi connectivity index (χ2n) is 35.1. The van der Waals surface area contributed by atoms with Crippen LogP contribution in [0.3, 0.4) is 0 Å². The first-order valence-corrected chi connectivity index (χ1v) is 52.7. The second-order valence-corrected chi connectivity index (χ2v) is 49.8. The van der Waals surface area contributed by atoms with E-state index in [0.717, 1.165) is 167 Å². The van der Waals surface area contributed by atoms with Crippen LogP contribution < -0.4 is 5.30 Å². The molecule has 0 aliphatic rings. The molecule has 0 saturated carbocycles. The Morgan fingerprint density at radius 2 is 0.653 bits per heavy atom. The summed E-state index contributed by atoms with van der Waals surface area (Å²) in [6.07, 6.45) is 23.4. The molecule has 5 aromatic carbocycles. The largest absolute Gasteiger partial charge is 0.481 e. The molecular formula is C95H146BrCs2O15PPdS6. The van der Waals surface area contributed by atoms with E-state index in [1.165, 1.54) is 56.9 Å². The third kappa shape index (κ3) is 50.0. The van der Waals surface area contributed by atoms with Crippen LogP contribution in [-0.2, 0) is 95.3 Å². The zero-order chi connectivity index (χ0) is 89.8. The maximum Gasteiger partial charge on any atom is 0.330 e. The summed E-state index contributed by atoms with van der Waals surface area (Å²) in [5.74, 6) is -1.69. The second kappa shape index (κ2) is 63.4. The predicted molar refractivity (Wildman–Crippen MR) is 517 cm³/mol. The fourth-order valence-electron chi connectivity index (χ4n) is 13.2. The van der Waals surface area contributed by atoms with Crippen LogP contribution in [0.5, 0.6) is 0 Å². The molecule has 0 saturated heterocycles.